The van der Waals surface area contributed by atoms with Crippen molar-refractivity contribution >= 4 is 28.9 Å². The van der Waals surface area contributed by atoms with E-state index in [1.54, 1.807) is 19.1 Å². The zero-order chi connectivity index (χ0) is 13.9. The first-order valence-corrected chi connectivity index (χ1v) is 6.16. The third kappa shape index (κ3) is 3.81. The number of nitrogens with two attached hydrogens (primary N) is 1. The average molecular weight is 271 g/mol. The summed E-state index contributed by atoms with van der Waals surface area (Å²) in [6.45, 7) is 8.00. The fourth-order valence-electron chi connectivity index (χ4n) is 1.50. The average Bonchev–Trinajstić information content (AvgIpc) is 2.20. The van der Waals surface area contributed by atoms with Crippen LogP contribution in [0.1, 0.15) is 38.1 Å². The van der Waals surface area contributed by atoms with E-state index in [1.165, 1.54) is 0 Å². The van der Waals surface area contributed by atoms with Gasteiger partial charge in [-0.15, -0.1) is 0 Å². The molecule has 0 saturated carbocycles. The molecule has 100 valence electrons. The molecule has 0 aliphatic heterocycles. The van der Waals surface area contributed by atoms with E-state index in [0.29, 0.717) is 28.6 Å². The Hall–Kier alpha value is -1.42. The van der Waals surface area contributed by atoms with Crippen molar-refractivity contribution in [3.8, 4) is 0 Å². The van der Waals surface area contributed by atoms with Crippen LogP contribution in [0.5, 0.6) is 0 Å². The molecule has 0 heterocycles. The maximum absolute atomic E-state index is 11.9. The predicted molar refractivity (Wildman–Crippen MR) is 75.2 cm³/mol. The minimum absolute atomic E-state index is 0.221. The van der Waals surface area contributed by atoms with E-state index < -0.39 is 5.97 Å². The summed E-state index contributed by atoms with van der Waals surface area (Å²) in [5.74, 6) is -0.432. The van der Waals surface area contributed by atoms with Gasteiger partial charge in [0, 0.05) is 11.2 Å². The Kier molecular flexibility index (Phi) is 4.46. The van der Waals surface area contributed by atoms with Crippen LogP contribution in [0.25, 0.3) is 0 Å². The number of esters is 1. The van der Waals surface area contributed by atoms with Crippen molar-refractivity contribution in [3.63, 3.8) is 0 Å². The van der Waals surface area contributed by atoms with Gasteiger partial charge in [0.15, 0.2) is 0 Å². The second kappa shape index (κ2) is 5.48. The molecule has 0 aliphatic carbocycles. The highest BCUT2D eigenvalue weighted by molar-refractivity contribution is 6.34. The van der Waals surface area contributed by atoms with Gasteiger partial charge in [0.1, 0.15) is 0 Å². The number of carbonyl (C=O) groups excluding carboxylic acids is 1. The third-order valence-electron chi connectivity index (χ3n) is 2.11. The summed E-state index contributed by atoms with van der Waals surface area (Å²) in [6, 6.07) is 3.18. The zero-order valence-electron chi connectivity index (χ0n) is 11.1. The molecule has 0 bridgehead atoms. The number of hydrogen-bond donors (Lipinski definition) is 2. The summed E-state index contributed by atoms with van der Waals surface area (Å²) >= 11 is 6.13. The Morgan fingerprint density at radius 3 is 2.56 bits per heavy atom. The van der Waals surface area contributed by atoms with Crippen molar-refractivity contribution in [3.05, 3.63) is 22.7 Å². The summed E-state index contributed by atoms with van der Waals surface area (Å²) < 4.78 is 5.00. The van der Waals surface area contributed by atoms with Crippen molar-refractivity contribution in [2.45, 2.75) is 33.2 Å². The predicted octanol–water partition coefficient (Wildman–Crippen LogP) is 3.31. The molecule has 1 aromatic carbocycles. The number of halogens is 1. The number of ether oxygens (including phenoxy) is 1. The normalized spacial score (nSPS) is 11.2. The van der Waals surface area contributed by atoms with Crippen LogP contribution in [-0.2, 0) is 4.74 Å². The van der Waals surface area contributed by atoms with E-state index >= 15 is 0 Å². The van der Waals surface area contributed by atoms with Gasteiger partial charge in [0.25, 0.3) is 0 Å². The lowest BCUT2D eigenvalue weighted by Crippen LogP contribution is -2.27. The summed E-state index contributed by atoms with van der Waals surface area (Å²) in [7, 11) is 0. The Bertz CT molecular complexity index is 453. The number of nitrogen functional groups attached to an aromatic ring is 1. The van der Waals surface area contributed by atoms with Crippen LogP contribution in [0, 0.1) is 0 Å². The molecule has 0 unspecified atom stereocenters. The molecule has 0 fully saturated rings. The molecule has 18 heavy (non-hydrogen) atoms. The van der Waals surface area contributed by atoms with Crippen molar-refractivity contribution in [2.75, 3.05) is 17.7 Å². The second-order valence-corrected chi connectivity index (χ2v) is 5.43. The largest absolute Gasteiger partial charge is 0.462 e. The lowest BCUT2D eigenvalue weighted by molar-refractivity contribution is 0.0527. The molecular formula is C13H19ClN2O2. The van der Waals surface area contributed by atoms with Gasteiger partial charge in [-0.05, 0) is 39.8 Å². The maximum atomic E-state index is 11.9. The number of anilines is 2. The van der Waals surface area contributed by atoms with E-state index in [9.17, 15) is 4.79 Å². The van der Waals surface area contributed by atoms with Crippen molar-refractivity contribution < 1.29 is 9.53 Å². The number of rotatable bonds is 3. The van der Waals surface area contributed by atoms with E-state index in [0.717, 1.165) is 0 Å². The summed E-state index contributed by atoms with van der Waals surface area (Å²) in [6.07, 6.45) is 0. The quantitative estimate of drug-likeness (QED) is 0.653. The lowest BCUT2D eigenvalue weighted by atomic mass is 10.1. The van der Waals surface area contributed by atoms with Gasteiger partial charge >= 0.3 is 5.97 Å². The lowest BCUT2D eigenvalue weighted by Gasteiger charge is -2.24. The molecule has 0 spiro atoms. The van der Waals surface area contributed by atoms with Gasteiger partial charge in [-0.1, -0.05) is 11.6 Å². The minimum atomic E-state index is -0.432. The molecule has 0 aliphatic rings. The standard InChI is InChI=1S/C13H19ClN2O2/c1-5-18-12(17)9-6-8(15)7-10(14)11(9)16-13(2,3)4/h6-7,16H,5,15H2,1-4H3. The highest BCUT2D eigenvalue weighted by atomic mass is 35.5. The first-order chi connectivity index (χ1) is 8.24. The first kappa shape index (κ1) is 14.6. The number of benzene rings is 1. The SMILES string of the molecule is CCOC(=O)c1cc(N)cc(Cl)c1NC(C)(C)C. The fraction of sp³-hybridized carbons (Fsp3) is 0.462. The van der Waals surface area contributed by atoms with Crippen LogP contribution in [0.3, 0.4) is 0 Å². The van der Waals surface area contributed by atoms with Crippen LogP contribution in [0.4, 0.5) is 11.4 Å². The highest BCUT2D eigenvalue weighted by Gasteiger charge is 2.20. The maximum Gasteiger partial charge on any atom is 0.340 e. The Balaban J connectivity index is 3.25. The first-order valence-electron chi connectivity index (χ1n) is 5.79. The van der Waals surface area contributed by atoms with E-state index in [2.05, 4.69) is 5.32 Å². The van der Waals surface area contributed by atoms with Crippen LogP contribution in [0.2, 0.25) is 5.02 Å². The van der Waals surface area contributed by atoms with Gasteiger partial charge < -0.3 is 15.8 Å². The van der Waals surface area contributed by atoms with Crippen LogP contribution >= 0.6 is 11.6 Å². The topological polar surface area (TPSA) is 64.3 Å². The van der Waals surface area contributed by atoms with Crippen LogP contribution < -0.4 is 11.1 Å². The van der Waals surface area contributed by atoms with Gasteiger partial charge in [-0.25, -0.2) is 4.79 Å². The second-order valence-electron chi connectivity index (χ2n) is 5.02. The van der Waals surface area contributed by atoms with Crippen molar-refractivity contribution in [1.29, 1.82) is 0 Å². The van der Waals surface area contributed by atoms with Crippen LogP contribution in [-0.4, -0.2) is 18.1 Å². The van der Waals surface area contributed by atoms with Crippen molar-refractivity contribution in [1.82, 2.24) is 0 Å². The Morgan fingerprint density at radius 1 is 1.44 bits per heavy atom. The number of nitrogens with one attached hydrogen (secondary N) is 1. The zero-order valence-corrected chi connectivity index (χ0v) is 11.9. The fourth-order valence-corrected chi connectivity index (χ4v) is 1.77. The van der Waals surface area contributed by atoms with Gasteiger partial charge in [-0.2, -0.15) is 0 Å². The molecule has 3 N–H and O–H groups in total. The van der Waals surface area contributed by atoms with E-state index in [1.807, 2.05) is 20.8 Å². The summed E-state index contributed by atoms with van der Waals surface area (Å²) in [5.41, 5.74) is 6.83. The molecule has 4 nitrogen and oxygen atoms in total. The minimum Gasteiger partial charge on any atom is -0.462 e. The number of carbonyl (C=O) groups is 1. The monoisotopic (exact) mass is 270 g/mol. The molecule has 0 radical (unpaired) electrons. The summed E-state index contributed by atoms with van der Waals surface area (Å²) in [5, 5.41) is 3.61. The molecule has 0 saturated heterocycles. The van der Waals surface area contributed by atoms with E-state index in [-0.39, 0.29) is 5.54 Å². The van der Waals surface area contributed by atoms with Crippen LogP contribution in [0.15, 0.2) is 12.1 Å². The summed E-state index contributed by atoms with van der Waals surface area (Å²) in [4.78, 5) is 11.9. The Labute approximate surface area is 112 Å². The highest BCUT2D eigenvalue weighted by Crippen LogP contribution is 2.31. The molecular weight excluding hydrogens is 252 g/mol. The van der Waals surface area contributed by atoms with Gasteiger partial charge in [0.2, 0.25) is 0 Å². The van der Waals surface area contributed by atoms with E-state index in [4.69, 9.17) is 22.1 Å². The molecule has 0 atom stereocenters. The van der Waals surface area contributed by atoms with Gasteiger partial charge in [-0.3, -0.25) is 0 Å². The van der Waals surface area contributed by atoms with Gasteiger partial charge in [0.05, 0.1) is 22.9 Å². The third-order valence-corrected chi connectivity index (χ3v) is 2.41. The molecule has 5 heteroatoms. The smallest absolute Gasteiger partial charge is 0.340 e. The number of hydrogen-bond acceptors (Lipinski definition) is 4. The van der Waals surface area contributed by atoms with Crippen molar-refractivity contribution in [2.24, 2.45) is 0 Å². The molecule has 1 aromatic rings. The Morgan fingerprint density at radius 2 is 2.06 bits per heavy atom. The molecule has 0 amide bonds. The molecule has 1 rings (SSSR count). The molecule has 0 aromatic heterocycles.